The van der Waals surface area contributed by atoms with Gasteiger partial charge in [0.25, 0.3) is 0 Å². The van der Waals surface area contributed by atoms with Crippen molar-refractivity contribution in [3.8, 4) is 17.5 Å². The van der Waals surface area contributed by atoms with Gasteiger partial charge in [-0.15, -0.1) is 5.10 Å². The minimum absolute atomic E-state index is 0.0145. The number of esters is 1. The number of para-hydroxylation sites is 1. The van der Waals surface area contributed by atoms with Gasteiger partial charge in [0.2, 0.25) is 10.9 Å². The SMILES string of the molecule is Cc1ccc(-n2nnnc2SCC#CCOC(=O)c2cc3ccccc3o2)cc1. The lowest BCUT2D eigenvalue weighted by Crippen LogP contribution is -2.03. The van der Waals surface area contributed by atoms with E-state index in [1.807, 2.05) is 49.4 Å². The van der Waals surface area contributed by atoms with Crippen LogP contribution in [0, 0.1) is 18.8 Å². The molecule has 0 bridgehead atoms. The van der Waals surface area contributed by atoms with Gasteiger partial charge in [0, 0.05) is 5.39 Å². The molecule has 4 aromatic rings. The number of hydrogen-bond donors (Lipinski definition) is 0. The molecule has 2 aromatic heterocycles. The first-order valence-corrected chi connectivity index (χ1v) is 9.79. The molecule has 0 N–H and O–H groups in total. The summed E-state index contributed by atoms with van der Waals surface area (Å²) in [6.45, 7) is 2.01. The van der Waals surface area contributed by atoms with Crippen LogP contribution in [-0.4, -0.2) is 38.5 Å². The number of ether oxygens (including phenoxy) is 1. The molecule has 2 aromatic carbocycles. The second kappa shape index (κ2) is 8.63. The van der Waals surface area contributed by atoms with E-state index in [2.05, 4.69) is 27.4 Å². The molecule has 0 amide bonds. The smallest absolute Gasteiger partial charge is 0.375 e. The Kier molecular flexibility index (Phi) is 5.59. The highest BCUT2D eigenvalue weighted by atomic mass is 32.2. The maximum Gasteiger partial charge on any atom is 0.375 e. The first-order chi connectivity index (χ1) is 14.2. The third kappa shape index (κ3) is 4.47. The van der Waals surface area contributed by atoms with Gasteiger partial charge in [-0.05, 0) is 41.6 Å². The molecule has 144 valence electrons. The van der Waals surface area contributed by atoms with Crippen molar-refractivity contribution in [3.05, 3.63) is 65.9 Å². The van der Waals surface area contributed by atoms with E-state index in [4.69, 9.17) is 9.15 Å². The zero-order valence-electron chi connectivity index (χ0n) is 15.5. The van der Waals surface area contributed by atoms with Crippen LogP contribution in [0.15, 0.2) is 64.2 Å². The standard InChI is InChI=1S/C21H16N4O3S/c1-15-8-10-17(11-9-15)25-21(22-23-24-25)29-13-5-4-12-27-20(26)19-14-16-6-2-3-7-18(16)28-19/h2-3,6-11,14H,12-13H2,1H3. The van der Waals surface area contributed by atoms with Gasteiger partial charge in [0.1, 0.15) is 5.58 Å². The van der Waals surface area contributed by atoms with Gasteiger partial charge in [0.05, 0.1) is 11.4 Å². The van der Waals surface area contributed by atoms with Crippen LogP contribution >= 0.6 is 11.8 Å². The molecule has 29 heavy (non-hydrogen) atoms. The Labute approximate surface area is 171 Å². The van der Waals surface area contributed by atoms with Crippen molar-refractivity contribution in [2.45, 2.75) is 12.1 Å². The highest BCUT2D eigenvalue weighted by Crippen LogP contribution is 2.19. The van der Waals surface area contributed by atoms with Gasteiger partial charge in [0.15, 0.2) is 6.61 Å². The molecule has 0 saturated carbocycles. The van der Waals surface area contributed by atoms with Crippen LogP contribution in [0.4, 0.5) is 0 Å². The molecular weight excluding hydrogens is 388 g/mol. The van der Waals surface area contributed by atoms with Gasteiger partial charge in [-0.2, -0.15) is 4.68 Å². The monoisotopic (exact) mass is 404 g/mol. The summed E-state index contributed by atoms with van der Waals surface area (Å²) in [7, 11) is 0. The first kappa shape index (κ1) is 18.8. The van der Waals surface area contributed by atoms with Crippen LogP contribution in [0.25, 0.3) is 16.7 Å². The number of furan rings is 1. The molecule has 0 spiro atoms. The molecule has 0 aliphatic carbocycles. The van der Waals surface area contributed by atoms with Crippen LogP contribution in [-0.2, 0) is 4.74 Å². The highest BCUT2D eigenvalue weighted by molar-refractivity contribution is 7.99. The van der Waals surface area contributed by atoms with Gasteiger partial charge >= 0.3 is 5.97 Å². The van der Waals surface area contributed by atoms with E-state index in [-0.39, 0.29) is 12.4 Å². The van der Waals surface area contributed by atoms with Crippen molar-refractivity contribution >= 4 is 28.7 Å². The fourth-order valence-corrected chi connectivity index (χ4v) is 3.24. The molecule has 0 radical (unpaired) electrons. The lowest BCUT2D eigenvalue weighted by Gasteiger charge is -2.02. The molecule has 0 unspecified atom stereocenters. The summed E-state index contributed by atoms with van der Waals surface area (Å²) in [6.07, 6.45) is 0. The summed E-state index contributed by atoms with van der Waals surface area (Å²) in [4.78, 5) is 12.0. The summed E-state index contributed by atoms with van der Waals surface area (Å²) in [5, 5.41) is 13.3. The molecule has 7 nitrogen and oxygen atoms in total. The Morgan fingerprint density at radius 2 is 2.00 bits per heavy atom. The zero-order chi connectivity index (χ0) is 20.1. The average Bonchev–Trinajstić information content (AvgIpc) is 3.38. The van der Waals surface area contributed by atoms with E-state index in [1.165, 1.54) is 17.3 Å². The Morgan fingerprint density at radius 1 is 1.17 bits per heavy atom. The summed E-state index contributed by atoms with van der Waals surface area (Å²) < 4.78 is 12.3. The minimum Gasteiger partial charge on any atom is -0.449 e. The summed E-state index contributed by atoms with van der Waals surface area (Å²) in [5.74, 6) is 5.85. The number of hydrogen-bond acceptors (Lipinski definition) is 7. The normalized spacial score (nSPS) is 10.5. The number of rotatable bonds is 5. The number of carbonyl (C=O) groups excluding carboxylic acids is 1. The molecular formula is C21H16N4O3S. The van der Waals surface area contributed by atoms with Crippen LogP contribution in [0.1, 0.15) is 16.1 Å². The quantitative estimate of drug-likeness (QED) is 0.285. The number of nitrogens with zero attached hydrogens (tertiary/aromatic N) is 4. The van der Waals surface area contributed by atoms with E-state index in [0.29, 0.717) is 16.5 Å². The summed E-state index contributed by atoms with van der Waals surface area (Å²) in [6, 6.07) is 17.0. The first-order valence-electron chi connectivity index (χ1n) is 8.80. The van der Waals surface area contributed by atoms with Crippen LogP contribution in [0.2, 0.25) is 0 Å². The molecule has 0 aliphatic rings. The van der Waals surface area contributed by atoms with Gasteiger partial charge in [-0.3, -0.25) is 0 Å². The highest BCUT2D eigenvalue weighted by Gasteiger charge is 2.12. The third-order valence-electron chi connectivity index (χ3n) is 4.02. The number of fused-ring (bicyclic) bond motifs is 1. The van der Waals surface area contributed by atoms with Crippen molar-refractivity contribution in [2.24, 2.45) is 0 Å². The van der Waals surface area contributed by atoms with Gasteiger partial charge < -0.3 is 9.15 Å². The van der Waals surface area contributed by atoms with Crippen molar-refractivity contribution in [1.82, 2.24) is 20.2 Å². The van der Waals surface area contributed by atoms with Crippen LogP contribution in [0.3, 0.4) is 0 Å². The minimum atomic E-state index is -0.536. The number of aromatic nitrogens is 4. The Hall–Kier alpha value is -3.57. The third-order valence-corrected chi connectivity index (χ3v) is 4.82. The molecule has 0 aliphatic heterocycles. The van der Waals surface area contributed by atoms with E-state index in [0.717, 1.165) is 11.1 Å². The van der Waals surface area contributed by atoms with Gasteiger partial charge in [-0.1, -0.05) is 59.5 Å². The number of carbonyl (C=O) groups is 1. The van der Waals surface area contributed by atoms with Crippen molar-refractivity contribution in [3.63, 3.8) is 0 Å². The second-order valence-corrected chi connectivity index (χ2v) is 7.02. The molecule has 2 heterocycles. The lowest BCUT2D eigenvalue weighted by molar-refractivity contribution is 0.0523. The summed E-state index contributed by atoms with van der Waals surface area (Å²) in [5.41, 5.74) is 2.70. The van der Waals surface area contributed by atoms with E-state index in [1.54, 1.807) is 16.8 Å². The molecule has 4 rings (SSSR count). The molecule has 0 atom stereocenters. The summed E-state index contributed by atoms with van der Waals surface area (Å²) >= 11 is 1.41. The van der Waals surface area contributed by atoms with Crippen LogP contribution in [0.5, 0.6) is 0 Å². The molecule has 8 heteroatoms. The molecule has 0 fully saturated rings. The zero-order valence-corrected chi connectivity index (χ0v) is 16.3. The largest absolute Gasteiger partial charge is 0.449 e. The van der Waals surface area contributed by atoms with E-state index < -0.39 is 5.97 Å². The maximum absolute atomic E-state index is 12.0. The Morgan fingerprint density at radius 3 is 2.83 bits per heavy atom. The lowest BCUT2D eigenvalue weighted by atomic mass is 10.2. The maximum atomic E-state index is 12.0. The Bertz CT molecular complexity index is 1170. The fraction of sp³-hybridized carbons (Fsp3) is 0.143. The average molecular weight is 404 g/mol. The number of benzene rings is 2. The Balaban J connectivity index is 1.29. The van der Waals surface area contributed by atoms with Crippen molar-refractivity contribution < 1.29 is 13.9 Å². The topological polar surface area (TPSA) is 83.0 Å². The van der Waals surface area contributed by atoms with Gasteiger partial charge in [-0.25, -0.2) is 4.79 Å². The number of tetrazole rings is 1. The predicted molar refractivity (Wildman–Crippen MR) is 109 cm³/mol. The number of thioether (sulfide) groups is 1. The van der Waals surface area contributed by atoms with E-state index >= 15 is 0 Å². The number of aryl methyl sites for hydroxylation is 1. The predicted octanol–water partition coefficient (Wildman–Crippen LogP) is 3.67. The van der Waals surface area contributed by atoms with Crippen molar-refractivity contribution in [1.29, 1.82) is 0 Å². The molecule has 0 saturated heterocycles. The van der Waals surface area contributed by atoms with Crippen LogP contribution < -0.4 is 0 Å². The second-order valence-electron chi connectivity index (χ2n) is 6.08. The van der Waals surface area contributed by atoms with Crippen molar-refractivity contribution in [2.75, 3.05) is 12.4 Å². The fourth-order valence-electron chi connectivity index (χ4n) is 2.57. The van der Waals surface area contributed by atoms with E-state index in [9.17, 15) is 4.79 Å².